The molecule has 2 saturated heterocycles. The molecule has 0 aliphatic carbocycles. The fourth-order valence-electron chi connectivity index (χ4n) is 3.20. The Hall–Kier alpha value is -0.650. The van der Waals surface area contributed by atoms with Crippen LogP contribution in [-0.4, -0.2) is 73.6 Å². The number of piperidine rings is 1. The van der Waals surface area contributed by atoms with Gasteiger partial charge in [-0.2, -0.15) is 0 Å². The average molecular weight is 282 g/mol. The zero-order valence-electron chi connectivity index (χ0n) is 13.2. The van der Waals surface area contributed by atoms with Crippen LogP contribution >= 0.6 is 0 Å². The Morgan fingerprint density at radius 3 is 2.60 bits per heavy atom. The van der Waals surface area contributed by atoms with E-state index in [-0.39, 0.29) is 5.91 Å². The van der Waals surface area contributed by atoms with Crippen LogP contribution in [0.1, 0.15) is 33.1 Å². The third kappa shape index (κ3) is 3.71. The number of nitrogens with zero attached hydrogens (tertiary/aromatic N) is 2. The molecule has 1 amide bonds. The zero-order chi connectivity index (χ0) is 14.6. The summed E-state index contributed by atoms with van der Waals surface area (Å²) in [6, 6.07) is 0.506. The molecule has 2 fully saturated rings. The van der Waals surface area contributed by atoms with Gasteiger partial charge >= 0.3 is 0 Å². The van der Waals surface area contributed by atoms with Crippen molar-refractivity contribution in [2.75, 3.05) is 46.3 Å². The Morgan fingerprint density at radius 2 is 1.95 bits per heavy atom. The number of hydrogen-bond acceptors (Lipinski definition) is 4. The van der Waals surface area contributed by atoms with E-state index < -0.39 is 5.54 Å². The minimum absolute atomic E-state index is 0.165. The molecular weight excluding hydrogens is 252 g/mol. The average Bonchev–Trinajstić information content (AvgIpc) is 2.47. The van der Waals surface area contributed by atoms with Crippen molar-refractivity contribution in [3.8, 4) is 0 Å². The molecule has 2 aliphatic heterocycles. The number of rotatable bonds is 4. The molecule has 2 aliphatic rings. The lowest BCUT2D eigenvalue weighted by molar-refractivity contribution is -0.132. The lowest BCUT2D eigenvalue weighted by Gasteiger charge is -2.40. The molecule has 5 heteroatoms. The second kappa shape index (κ2) is 6.87. The SMILES string of the molecule is CN1CCCCC1CNC(=O)C(C)(C)N1CCNCC1. The number of carbonyl (C=O) groups is 1. The second-order valence-corrected chi connectivity index (χ2v) is 6.64. The number of hydrogen-bond donors (Lipinski definition) is 2. The molecule has 1 unspecified atom stereocenters. The number of likely N-dealkylation sites (tertiary alicyclic amines) is 1. The van der Waals surface area contributed by atoms with E-state index in [0.717, 1.165) is 39.3 Å². The molecule has 2 rings (SSSR count). The van der Waals surface area contributed by atoms with Gasteiger partial charge in [0.25, 0.3) is 0 Å². The van der Waals surface area contributed by atoms with E-state index in [0.29, 0.717) is 6.04 Å². The fraction of sp³-hybridized carbons (Fsp3) is 0.933. The number of amides is 1. The van der Waals surface area contributed by atoms with Crippen molar-refractivity contribution in [2.24, 2.45) is 0 Å². The van der Waals surface area contributed by atoms with Gasteiger partial charge in [-0.3, -0.25) is 9.69 Å². The van der Waals surface area contributed by atoms with E-state index in [1.165, 1.54) is 19.3 Å². The van der Waals surface area contributed by atoms with E-state index in [2.05, 4.69) is 27.5 Å². The predicted molar refractivity (Wildman–Crippen MR) is 81.8 cm³/mol. The van der Waals surface area contributed by atoms with Crippen molar-refractivity contribution < 1.29 is 4.79 Å². The maximum absolute atomic E-state index is 12.5. The summed E-state index contributed by atoms with van der Waals surface area (Å²) in [4.78, 5) is 17.2. The molecule has 0 radical (unpaired) electrons. The third-order valence-corrected chi connectivity index (χ3v) is 4.88. The molecule has 2 N–H and O–H groups in total. The summed E-state index contributed by atoms with van der Waals surface area (Å²) in [5, 5.41) is 6.51. The van der Waals surface area contributed by atoms with E-state index in [9.17, 15) is 4.79 Å². The predicted octanol–water partition coefficient (Wildman–Crippen LogP) is 0.271. The standard InChI is InChI=1S/C15H30N4O/c1-15(2,19-10-7-16-8-11-19)14(20)17-12-13-6-4-5-9-18(13)3/h13,16H,4-12H2,1-3H3,(H,17,20). The molecule has 20 heavy (non-hydrogen) atoms. The summed E-state index contributed by atoms with van der Waals surface area (Å²) in [7, 11) is 2.16. The summed E-state index contributed by atoms with van der Waals surface area (Å²) in [5.74, 6) is 0.165. The number of piperazine rings is 1. The van der Waals surface area contributed by atoms with E-state index in [4.69, 9.17) is 0 Å². The number of carbonyl (C=O) groups excluding carboxylic acids is 1. The largest absolute Gasteiger partial charge is 0.353 e. The van der Waals surface area contributed by atoms with E-state index >= 15 is 0 Å². The monoisotopic (exact) mass is 282 g/mol. The van der Waals surface area contributed by atoms with Crippen LogP contribution in [0, 0.1) is 0 Å². The Bertz CT molecular complexity index is 326. The summed E-state index contributed by atoms with van der Waals surface area (Å²) in [6.45, 7) is 9.86. The van der Waals surface area contributed by atoms with Crippen molar-refractivity contribution in [1.82, 2.24) is 20.4 Å². The first-order valence-corrected chi connectivity index (χ1v) is 7.96. The van der Waals surface area contributed by atoms with Gasteiger partial charge in [-0.05, 0) is 40.3 Å². The van der Waals surface area contributed by atoms with E-state index in [1.807, 2.05) is 13.8 Å². The molecule has 0 aromatic heterocycles. The summed E-state index contributed by atoms with van der Waals surface area (Å²) in [6.07, 6.45) is 3.77. The molecule has 1 atom stereocenters. The Morgan fingerprint density at radius 1 is 1.25 bits per heavy atom. The first-order chi connectivity index (χ1) is 9.51. The van der Waals surface area contributed by atoms with Gasteiger partial charge in [-0.15, -0.1) is 0 Å². The van der Waals surface area contributed by atoms with Crippen LogP contribution in [0.2, 0.25) is 0 Å². The van der Waals surface area contributed by atoms with Crippen molar-refractivity contribution in [2.45, 2.75) is 44.7 Å². The molecular formula is C15H30N4O. The molecule has 0 aromatic rings. The van der Waals surface area contributed by atoms with Crippen LogP contribution in [0.4, 0.5) is 0 Å². The minimum atomic E-state index is -0.407. The van der Waals surface area contributed by atoms with Crippen LogP contribution in [0.3, 0.4) is 0 Å². The smallest absolute Gasteiger partial charge is 0.240 e. The maximum atomic E-state index is 12.5. The molecule has 0 aromatic carbocycles. The van der Waals surface area contributed by atoms with E-state index in [1.54, 1.807) is 0 Å². The first-order valence-electron chi connectivity index (χ1n) is 7.96. The van der Waals surface area contributed by atoms with Gasteiger partial charge in [0.15, 0.2) is 0 Å². The highest BCUT2D eigenvalue weighted by Crippen LogP contribution is 2.17. The highest BCUT2D eigenvalue weighted by Gasteiger charge is 2.35. The summed E-state index contributed by atoms with van der Waals surface area (Å²) < 4.78 is 0. The highest BCUT2D eigenvalue weighted by molar-refractivity contribution is 5.85. The molecule has 2 heterocycles. The molecule has 5 nitrogen and oxygen atoms in total. The van der Waals surface area contributed by atoms with Crippen LogP contribution in [0.5, 0.6) is 0 Å². The van der Waals surface area contributed by atoms with Crippen LogP contribution in [0.15, 0.2) is 0 Å². The van der Waals surface area contributed by atoms with Gasteiger partial charge in [0, 0.05) is 38.8 Å². The third-order valence-electron chi connectivity index (χ3n) is 4.88. The number of nitrogens with one attached hydrogen (secondary N) is 2. The Balaban J connectivity index is 1.83. The van der Waals surface area contributed by atoms with Gasteiger partial charge < -0.3 is 15.5 Å². The number of likely N-dealkylation sites (N-methyl/N-ethyl adjacent to an activating group) is 1. The summed E-state index contributed by atoms with van der Waals surface area (Å²) in [5.41, 5.74) is -0.407. The molecule has 0 bridgehead atoms. The lowest BCUT2D eigenvalue weighted by Crippen LogP contribution is -2.61. The van der Waals surface area contributed by atoms with Crippen LogP contribution in [0.25, 0.3) is 0 Å². The highest BCUT2D eigenvalue weighted by atomic mass is 16.2. The molecule has 0 saturated carbocycles. The van der Waals surface area contributed by atoms with Gasteiger partial charge in [0.05, 0.1) is 5.54 Å². The Kier molecular flexibility index (Phi) is 5.41. The fourth-order valence-corrected chi connectivity index (χ4v) is 3.20. The van der Waals surface area contributed by atoms with Crippen molar-refractivity contribution in [3.63, 3.8) is 0 Å². The van der Waals surface area contributed by atoms with Crippen LogP contribution in [-0.2, 0) is 4.79 Å². The Labute approximate surface area is 123 Å². The first kappa shape index (κ1) is 15.7. The molecule has 116 valence electrons. The van der Waals surface area contributed by atoms with Crippen molar-refractivity contribution >= 4 is 5.91 Å². The second-order valence-electron chi connectivity index (χ2n) is 6.64. The van der Waals surface area contributed by atoms with Gasteiger partial charge in [-0.1, -0.05) is 6.42 Å². The van der Waals surface area contributed by atoms with Crippen LogP contribution < -0.4 is 10.6 Å². The summed E-state index contributed by atoms with van der Waals surface area (Å²) >= 11 is 0. The topological polar surface area (TPSA) is 47.6 Å². The van der Waals surface area contributed by atoms with Gasteiger partial charge in [0.1, 0.15) is 0 Å². The molecule has 0 spiro atoms. The van der Waals surface area contributed by atoms with Crippen molar-refractivity contribution in [3.05, 3.63) is 0 Å². The quantitative estimate of drug-likeness (QED) is 0.777. The van der Waals surface area contributed by atoms with Gasteiger partial charge in [0.2, 0.25) is 5.91 Å². The normalized spacial score (nSPS) is 26.4. The van der Waals surface area contributed by atoms with Crippen molar-refractivity contribution in [1.29, 1.82) is 0 Å². The lowest BCUT2D eigenvalue weighted by atomic mass is 9.99. The zero-order valence-corrected chi connectivity index (χ0v) is 13.2. The van der Waals surface area contributed by atoms with Gasteiger partial charge in [-0.25, -0.2) is 0 Å². The maximum Gasteiger partial charge on any atom is 0.240 e. The minimum Gasteiger partial charge on any atom is -0.353 e.